The summed E-state index contributed by atoms with van der Waals surface area (Å²) in [6.07, 6.45) is 0. The molecule has 9 heteroatoms. The van der Waals surface area contributed by atoms with Crippen molar-refractivity contribution in [2.24, 2.45) is 0 Å². The lowest BCUT2D eigenvalue weighted by molar-refractivity contribution is -0.132. The maximum atomic E-state index is 13.2. The highest BCUT2D eigenvalue weighted by Gasteiger charge is 2.48. The van der Waals surface area contributed by atoms with E-state index in [2.05, 4.69) is 5.16 Å². The minimum absolute atomic E-state index is 0.0962. The number of methoxy groups -OCH3 is 3. The molecule has 0 radical (unpaired) electrons. The first kappa shape index (κ1) is 21.9. The van der Waals surface area contributed by atoms with Gasteiger partial charge in [-0.15, -0.1) is 0 Å². The zero-order chi connectivity index (χ0) is 23.7. The summed E-state index contributed by atoms with van der Waals surface area (Å²) in [5, 5.41) is 15.0. The second-order valence-corrected chi connectivity index (χ2v) is 7.29. The molecule has 4 rings (SSSR count). The lowest BCUT2D eigenvalue weighted by Crippen LogP contribution is -2.29. The Balaban J connectivity index is 2.01. The molecule has 2 aromatic carbocycles. The van der Waals surface area contributed by atoms with Crippen LogP contribution in [0.5, 0.6) is 17.2 Å². The number of amides is 1. The number of Topliss-reactive ketones (excluding diaryl/α,β-unsaturated/α-hetero) is 1. The molecule has 1 amide bonds. The Hall–Kier alpha value is -4.27. The molecule has 3 aromatic rings. The highest BCUT2D eigenvalue weighted by atomic mass is 16.5. The number of aromatic nitrogens is 1. The molecule has 1 aliphatic rings. The number of carbonyl (C=O) groups excluding carboxylic acids is 2. The number of aliphatic hydroxyl groups excluding tert-OH is 1. The van der Waals surface area contributed by atoms with Crippen LogP contribution in [0.4, 0.5) is 5.82 Å². The number of aryl methyl sites for hydroxylation is 1. The standard InChI is InChI=1S/C24H22N2O7/c1-13-10-18(25-33-13)26-20(15-11-16(30-2)23(32-4)17(12-15)31-3)19(22(28)24(26)29)21(27)14-8-6-5-7-9-14/h5-12,20,27H,1-4H3. The largest absolute Gasteiger partial charge is 0.507 e. The Morgan fingerprint density at radius 1 is 1.00 bits per heavy atom. The Morgan fingerprint density at radius 3 is 2.15 bits per heavy atom. The second kappa shape index (κ2) is 8.70. The van der Waals surface area contributed by atoms with Crippen LogP contribution >= 0.6 is 0 Å². The molecule has 1 aromatic heterocycles. The summed E-state index contributed by atoms with van der Waals surface area (Å²) >= 11 is 0. The third-order valence-electron chi connectivity index (χ3n) is 5.36. The van der Waals surface area contributed by atoms with Gasteiger partial charge in [0.2, 0.25) is 5.75 Å². The van der Waals surface area contributed by atoms with Crippen LogP contribution in [0.25, 0.3) is 5.76 Å². The van der Waals surface area contributed by atoms with E-state index >= 15 is 0 Å². The maximum absolute atomic E-state index is 13.2. The zero-order valence-corrected chi connectivity index (χ0v) is 18.5. The summed E-state index contributed by atoms with van der Waals surface area (Å²) in [4.78, 5) is 27.5. The van der Waals surface area contributed by atoms with Gasteiger partial charge in [0.15, 0.2) is 17.3 Å². The number of hydrogen-bond donors (Lipinski definition) is 1. The molecule has 2 heterocycles. The number of nitrogens with zero attached hydrogens (tertiary/aromatic N) is 2. The molecule has 33 heavy (non-hydrogen) atoms. The summed E-state index contributed by atoms with van der Waals surface area (Å²) in [6, 6.07) is 12.3. The van der Waals surface area contributed by atoms with Gasteiger partial charge in [-0.2, -0.15) is 0 Å². The number of anilines is 1. The second-order valence-electron chi connectivity index (χ2n) is 7.29. The molecule has 1 aliphatic heterocycles. The monoisotopic (exact) mass is 450 g/mol. The molecule has 9 nitrogen and oxygen atoms in total. The third kappa shape index (κ3) is 3.67. The van der Waals surface area contributed by atoms with Crippen LogP contribution < -0.4 is 19.1 Å². The number of benzene rings is 2. The van der Waals surface area contributed by atoms with Gasteiger partial charge >= 0.3 is 5.91 Å². The molecule has 1 saturated heterocycles. The summed E-state index contributed by atoms with van der Waals surface area (Å²) in [5.41, 5.74) is 0.743. The molecular weight excluding hydrogens is 428 g/mol. The van der Waals surface area contributed by atoms with E-state index in [1.165, 1.54) is 26.2 Å². The number of ether oxygens (including phenoxy) is 3. The average Bonchev–Trinajstić information content (AvgIpc) is 3.38. The number of aliphatic hydroxyl groups is 1. The van der Waals surface area contributed by atoms with Crippen LogP contribution in [0.15, 0.2) is 58.6 Å². The predicted molar refractivity (Wildman–Crippen MR) is 119 cm³/mol. The first-order valence-electron chi connectivity index (χ1n) is 10.0. The van der Waals surface area contributed by atoms with Gasteiger partial charge in [-0.25, -0.2) is 0 Å². The smallest absolute Gasteiger partial charge is 0.301 e. The van der Waals surface area contributed by atoms with Crippen LogP contribution in [-0.4, -0.2) is 43.3 Å². The van der Waals surface area contributed by atoms with Crippen molar-refractivity contribution < 1.29 is 33.4 Å². The summed E-state index contributed by atoms with van der Waals surface area (Å²) in [7, 11) is 4.39. The van der Waals surface area contributed by atoms with Crippen molar-refractivity contribution in [1.82, 2.24) is 5.16 Å². The van der Waals surface area contributed by atoms with Crippen molar-refractivity contribution in [2.75, 3.05) is 26.2 Å². The van der Waals surface area contributed by atoms with Crippen LogP contribution in [-0.2, 0) is 9.59 Å². The van der Waals surface area contributed by atoms with Crippen LogP contribution in [0, 0.1) is 6.92 Å². The highest BCUT2D eigenvalue weighted by molar-refractivity contribution is 6.51. The molecule has 170 valence electrons. The summed E-state index contributed by atoms with van der Waals surface area (Å²) in [6.45, 7) is 1.67. The molecular formula is C24H22N2O7. The van der Waals surface area contributed by atoms with Gasteiger partial charge in [0, 0.05) is 11.6 Å². The Kier molecular flexibility index (Phi) is 5.78. The van der Waals surface area contributed by atoms with Gasteiger partial charge < -0.3 is 23.8 Å². The van der Waals surface area contributed by atoms with E-state index in [1.807, 2.05) is 0 Å². The van der Waals surface area contributed by atoms with Crippen LogP contribution in [0.2, 0.25) is 0 Å². The summed E-state index contributed by atoms with van der Waals surface area (Å²) < 4.78 is 21.4. The van der Waals surface area contributed by atoms with E-state index in [-0.39, 0.29) is 17.2 Å². The molecule has 1 unspecified atom stereocenters. The quantitative estimate of drug-likeness (QED) is 0.344. The Morgan fingerprint density at radius 2 is 1.64 bits per heavy atom. The average molecular weight is 450 g/mol. The molecule has 0 aliphatic carbocycles. The molecule has 0 saturated carbocycles. The Bertz CT molecular complexity index is 1220. The highest BCUT2D eigenvalue weighted by Crippen LogP contribution is 2.46. The van der Waals surface area contributed by atoms with Crippen molar-refractivity contribution in [3.8, 4) is 17.2 Å². The van der Waals surface area contributed by atoms with E-state index < -0.39 is 17.7 Å². The maximum Gasteiger partial charge on any atom is 0.301 e. The minimum Gasteiger partial charge on any atom is -0.507 e. The van der Waals surface area contributed by atoms with Crippen molar-refractivity contribution in [3.05, 3.63) is 71.0 Å². The predicted octanol–water partition coefficient (Wildman–Crippen LogP) is 3.64. The fourth-order valence-electron chi connectivity index (χ4n) is 3.86. The van der Waals surface area contributed by atoms with Gasteiger partial charge in [-0.05, 0) is 24.6 Å². The fraction of sp³-hybridized carbons (Fsp3) is 0.208. The van der Waals surface area contributed by atoms with Gasteiger partial charge in [-0.1, -0.05) is 35.5 Å². The van der Waals surface area contributed by atoms with Gasteiger partial charge in [0.05, 0.1) is 32.9 Å². The van der Waals surface area contributed by atoms with Gasteiger partial charge in [0.1, 0.15) is 11.5 Å². The van der Waals surface area contributed by atoms with Crippen molar-refractivity contribution in [2.45, 2.75) is 13.0 Å². The lowest BCUT2D eigenvalue weighted by atomic mass is 9.94. The Labute approximate surface area is 189 Å². The molecule has 0 spiro atoms. The number of carbonyl (C=O) groups is 2. The first-order chi connectivity index (χ1) is 15.9. The van der Waals surface area contributed by atoms with Crippen molar-refractivity contribution in [3.63, 3.8) is 0 Å². The molecule has 1 atom stereocenters. The van der Waals surface area contributed by atoms with E-state index in [4.69, 9.17) is 18.7 Å². The SMILES string of the molecule is COc1cc(C2C(=C(O)c3ccccc3)C(=O)C(=O)N2c2cc(C)on2)cc(OC)c1OC. The van der Waals surface area contributed by atoms with Gasteiger partial charge in [0.25, 0.3) is 5.78 Å². The van der Waals surface area contributed by atoms with Gasteiger partial charge in [-0.3, -0.25) is 14.5 Å². The fourth-order valence-corrected chi connectivity index (χ4v) is 3.86. The summed E-state index contributed by atoms with van der Waals surface area (Å²) in [5.74, 6) is -0.409. The third-order valence-corrected chi connectivity index (χ3v) is 5.36. The molecule has 1 fully saturated rings. The number of rotatable bonds is 6. The van der Waals surface area contributed by atoms with Crippen LogP contribution in [0.1, 0.15) is 22.9 Å². The molecule has 0 bridgehead atoms. The zero-order valence-electron chi connectivity index (χ0n) is 18.5. The molecule has 1 N–H and O–H groups in total. The van der Waals surface area contributed by atoms with E-state index in [0.717, 1.165) is 0 Å². The van der Waals surface area contributed by atoms with E-state index in [0.29, 0.717) is 34.1 Å². The van der Waals surface area contributed by atoms with Crippen LogP contribution in [0.3, 0.4) is 0 Å². The first-order valence-corrected chi connectivity index (χ1v) is 10.0. The normalized spacial score (nSPS) is 17.3. The van der Waals surface area contributed by atoms with Crippen molar-refractivity contribution >= 4 is 23.3 Å². The lowest BCUT2D eigenvalue weighted by Gasteiger charge is -2.24. The van der Waals surface area contributed by atoms with Crippen molar-refractivity contribution in [1.29, 1.82) is 0 Å². The van der Waals surface area contributed by atoms with E-state index in [9.17, 15) is 14.7 Å². The number of hydrogen-bond acceptors (Lipinski definition) is 8. The van der Waals surface area contributed by atoms with E-state index in [1.54, 1.807) is 55.5 Å². The topological polar surface area (TPSA) is 111 Å². The minimum atomic E-state index is -1.02. The number of ketones is 1.